The number of aromatic nitrogens is 2. The first-order chi connectivity index (χ1) is 8.70. The predicted molar refractivity (Wildman–Crippen MR) is 74.1 cm³/mol. The Labute approximate surface area is 116 Å². The van der Waals surface area contributed by atoms with Crippen LogP contribution in [0.15, 0.2) is 12.4 Å². The highest BCUT2D eigenvalue weighted by Crippen LogP contribution is 2.29. The summed E-state index contributed by atoms with van der Waals surface area (Å²) in [5.74, 6) is 0.922. The van der Waals surface area contributed by atoms with Crippen molar-refractivity contribution in [1.29, 1.82) is 0 Å². The smallest absolute Gasteiger partial charge is 0.271 e. The summed E-state index contributed by atoms with van der Waals surface area (Å²) in [6.07, 6.45) is 6.20. The van der Waals surface area contributed by atoms with E-state index in [9.17, 15) is 4.79 Å². The van der Waals surface area contributed by atoms with E-state index in [1.807, 2.05) is 11.8 Å². The molecular weight excluding hydrogens is 270 g/mol. The molecule has 0 radical (unpaired) electrons. The zero-order chi connectivity index (χ0) is 13.0. The molecule has 6 heteroatoms. The number of rotatable bonds is 4. The lowest BCUT2D eigenvalue weighted by Crippen LogP contribution is -2.39. The molecule has 0 spiro atoms. The summed E-state index contributed by atoms with van der Waals surface area (Å²) in [6.45, 7) is 2.15. The number of amides is 1. The Kier molecular flexibility index (Phi) is 4.83. The van der Waals surface area contributed by atoms with Crippen molar-refractivity contribution < 1.29 is 4.79 Å². The van der Waals surface area contributed by atoms with E-state index >= 15 is 0 Å². The maximum Gasteiger partial charge on any atom is 0.271 e. The van der Waals surface area contributed by atoms with Gasteiger partial charge in [-0.15, -0.1) is 0 Å². The normalized spacial score (nSPS) is 23.0. The number of nitrogens with zero attached hydrogens (tertiary/aromatic N) is 2. The molecular formula is C12H16ClN3OS. The largest absolute Gasteiger partial charge is 0.347 e. The van der Waals surface area contributed by atoms with Gasteiger partial charge in [0, 0.05) is 11.3 Å². The summed E-state index contributed by atoms with van der Waals surface area (Å²) in [6, 6.07) is 0.250. The zero-order valence-corrected chi connectivity index (χ0v) is 11.8. The standard InChI is InChI=1S/C12H16ClN3OS/c1-2-18-10-5-3-4-8(10)16-12(17)9-6-15-11(13)7-14-9/h6-8,10H,2-5H2,1H3,(H,16,17). The number of hydrogen-bond acceptors (Lipinski definition) is 4. The van der Waals surface area contributed by atoms with Gasteiger partial charge in [-0.25, -0.2) is 9.97 Å². The van der Waals surface area contributed by atoms with E-state index in [0.29, 0.717) is 16.1 Å². The first-order valence-corrected chi connectivity index (χ1v) is 7.53. The highest BCUT2D eigenvalue weighted by atomic mass is 35.5. The molecule has 18 heavy (non-hydrogen) atoms. The second kappa shape index (κ2) is 6.38. The van der Waals surface area contributed by atoms with Crippen LogP contribution in [0.4, 0.5) is 0 Å². The van der Waals surface area contributed by atoms with Gasteiger partial charge >= 0.3 is 0 Å². The van der Waals surface area contributed by atoms with Crippen LogP contribution in [-0.2, 0) is 0 Å². The Hall–Kier alpha value is -0.810. The Morgan fingerprint density at radius 3 is 3.00 bits per heavy atom. The average molecular weight is 286 g/mol. The molecule has 1 heterocycles. The van der Waals surface area contributed by atoms with Gasteiger partial charge in [0.05, 0.1) is 12.4 Å². The molecule has 1 aromatic heterocycles. The first kappa shape index (κ1) is 13.6. The van der Waals surface area contributed by atoms with Gasteiger partial charge in [0.1, 0.15) is 10.8 Å². The molecule has 2 unspecified atom stereocenters. The van der Waals surface area contributed by atoms with Crippen molar-refractivity contribution >= 4 is 29.3 Å². The SMILES string of the molecule is CCSC1CCCC1NC(=O)c1cnc(Cl)cn1. The van der Waals surface area contributed by atoms with E-state index in [2.05, 4.69) is 22.2 Å². The maximum atomic E-state index is 12.0. The summed E-state index contributed by atoms with van der Waals surface area (Å²) in [7, 11) is 0. The van der Waals surface area contributed by atoms with E-state index in [4.69, 9.17) is 11.6 Å². The molecule has 0 bridgehead atoms. The lowest BCUT2D eigenvalue weighted by molar-refractivity contribution is 0.0933. The Morgan fingerprint density at radius 1 is 1.50 bits per heavy atom. The van der Waals surface area contributed by atoms with Gasteiger partial charge in [-0.05, 0) is 18.6 Å². The van der Waals surface area contributed by atoms with Gasteiger partial charge in [0.25, 0.3) is 5.91 Å². The van der Waals surface area contributed by atoms with Crippen LogP contribution in [0.3, 0.4) is 0 Å². The van der Waals surface area contributed by atoms with Crippen molar-refractivity contribution in [2.24, 2.45) is 0 Å². The van der Waals surface area contributed by atoms with Crippen LogP contribution < -0.4 is 5.32 Å². The van der Waals surface area contributed by atoms with Crippen LogP contribution in [0.1, 0.15) is 36.7 Å². The molecule has 1 amide bonds. The molecule has 2 atom stereocenters. The molecule has 4 nitrogen and oxygen atoms in total. The molecule has 1 aliphatic rings. The average Bonchev–Trinajstić information content (AvgIpc) is 2.78. The van der Waals surface area contributed by atoms with Crippen LogP contribution in [0.25, 0.3) is 0 Å². The number of carbonyl (C=O) groups excluding carboxylic acids is 1. The second-order valence-corrected chi connectivity index (χ2v) is 6.13. The minimum absolute atomic E-state index is 0.159. The minimum atomic E-state index is -0.159. The predicted octanol–water partition coefficient (Wildman–Crippen LogP) is 2.53. The van der Waals surface area contributed by atoms with Gasteiger partial charge in [0.15, 0.2) is 0 Å². The van der Waals surface area contributed by atoms with E-state index in [-0.39, 0.29) is 11.9 Å². The Bertz CT molecular complexity index is 412. The quantitative estimate of drug-likeness (QED) is 0.924. The molecule has 1 aromatic rings. The number of carbonyl (C=O) groups is 1. The maximum absolute atomic E-state index is 12.0. The van der Waals surface area contributed by atoms with Crippen LogP contribution in [0.2, 0.25) is 5.15 Å². The minimum Gasteiger partial charge on any atom is -0.347 e. The molecule has 2 rings (SSSR count). The molecule has 1 aliphatic carbocycles. The highest BCUT2D eigenvalue weighted by molar-refractivity contribution is 7.99. The summed E-state index contributed by atoms with van der Waals surface area (Å²) in [4.78, 5) is 19.8. The third kappa shape index (κ3) is 3.36. The summed E-state index contributed by atoms with van der Waals surface area (Å²) in [5, 5.41) is 3.87. The van der Waals surface area contributed by atoms with Gasteiger partial charge < -0.3 is 5.32 Å². The Balaban J connectivity index is 1.96. The molecule has 0 saturated heterocycles. The van der Waals surface area contributed by atoms with Crippen LogP contribution in [0.5, 0.6) is 0 Å². The third-order valence-electron chi connectivity index (χ3n) is 3.00. The molecule has 1 saturated carbocycles. The summed E-state index contributed by atoms with van der Waals surface area (Å²) < 4.78 is 0. The molecule has 98 valence electrons. The topological polar surface area (TPSA) is 54.9 Å². The number of hydrogen-bond donors (Lipinski definition) is 1. The van der Waals surface area contributed by atoms with Gasteiger partial charge in [-0.3, -0.25) is 4.79 Å². The fourth-order valence-corrected chi connectivity index (χ4v) is 3.47. The van der Waals surface area contributed by atoms with Gasteiger partial charge in [-0.2, -0.15) is 11.8 Å². The third-order valence-corrected chi connectivity index (χ3v) is 4.52. The highest BCUT2D eigenvalue weighted by Gasteiger charge is 2.28. The van der Waals surface area contributed by atoms with Crippen LogP contribution in [-0.4, -0.2) is 32.9 Å². The van der Waals surface area contributed by atoms with Crippen LogP contribution >= 0.6 is 23.4 Å². The van der Waals surface area contributed by atoms with Crippen molar-refractivity contribution in [1.82, 2.24) is 15.3 Å². The van der Waals surface area contributed by atoms with Crippen molar-refractivity contribution in [2.75, 3.05) is 5.75 Å². The van der Waals surface area contributed by atoms with Crippen molar-refractivity contribution in [3.8, 4) is 0 Å². The first-order valence-electron chi connectivity index (χ1n) is 6.10. The molecule has 0 aromatic carbocycles. The Morgan fingerprint density at radius 2 is 2.33 bits per heavy atom. The van der Waals surface area contributed by atoms with E-state index in [1.165, 1.54) is 25.2 Å². The fourth-order valence-electron chi connectivity index (χ4n) is 2.18. The molecule has 0 aliphatic heterocycles. The van der Waals surface area contributed by atoms with Crippen molar-refractivity contribution in [2.45, 2.75) is 37.5 Å². The number of thioether (sulfide) groups is 1. The van der Waals surface area contributed by atoms with E-state index < -0.39 is 0 Å². The lowest BCUT2D eigenvalue weighted by atomic mass is 10.2. The van der Waals surface area contributed by atoms with Gasteiger partial charge in [0.2, 0.25) is 0 Å². The molecule has 1 fully saturated rings. The monoisotopic (exact) mass is 285 g/mol. The summed E-state index contributed by atoms with van der Waals surface area (Å²) in [5.41, 5.74) is 0.326. The fraction of sp³-hybridized carbons (Fsp3) is 0.583. The van der Waals surface area contributed by atoms with E-state index in [1.54, 1.807) is 0 Å². The molecule has 1 N–H and O–H groups in total. The summed E-state index contributed by atoms with van der Waals surface area (Å²) >= 11 is 7.56. The van der Waals surface area contributed by atoms with Crippen molar-refractivity contribution in [3.05, 3.63) is 23.2 Å². The van der Waals surface area contributed by atoms with Gasteiger partial charge in [-0.1, -0.05) is 24.9 Å². The van der Waals surface area contributed by atoms with E-state index in [0.717, 1.165) is 12.2 Å². The van der Waals surface area contributed by atoms with Crippen molar-refractivity contribution in [3.63, 3.8) is 0 Å². The number of halogens is 1. The number of nitrogens with one attached hydrogen (secondary N) is 1. The lowest BCUT2D eigenvalue weighted by Gasteiger charge is -2.19. The zero-order valence-electron chi connectivity index (χ0n) is 10.2. The second-order valence-electron chi connectivity index (χ2n) is 4.23. The van der Waals surface area contributed by atoms with Crippen LogP contribution in [0, 0.1) is 0 Å².